The summed E-state index contributed by atoms with van der Waals surface area (Å²) in [5.41, 5.74) is 3.93. The van der Waals surface area contributed by atoms with Crippen molar-refractivity contribution in [1.82, 2.24) is 5.32 Å². The number of nitrogens with one attached hydrogen (secondary N) is 1. The Kier molecular flexibility index (Phi) is 6.10. The van der Waals surface area contributed by atoms with Gasteiger partial charge in [-0.2, -0.15) is 0 Å². The van der Waals surface area contributed by atoms with Crippen LogP contribution in [0.25, 0.3) is 0 Å². The topological polar surface area (TPSA) is 47.6 Å². The van der Waals surface area contributed by atoms with Crippen LogP contribution in [0.3, 0.4) is 0 Å². The number of ether oxygens (including phenoxy) is 2. The first kappa shape index (κ1) is 18.1. The van der Waals surface area contributed by atoms with E-state index in [-0.39, 0.29) is 5.91 Å². The minimum Gasteiger partial charge on any atom is -0.496 e. The van der Waals surface area contributed by atoms with Crippen molar-refractivity contribution >= 4 is 17.5 Å². The summed E-state index contributed by atoms with van der Waals surface area (Å²) in [6, 6.07) is 8.99. The predicted octanol–water partition coefficient (Wildman–Crippen LogP) is 3.95. The molecule has 0 aliphatic heterocycles. The molecule has 0 saturated heterocycles. The Morgan fingerprint density at radius 3 is 2.38 bits per heavy atom. The summed E-state index contributed by atoms with van der Waals surface area (Å²) in [7, 11) is 3.20. The number of methoxy groups -OCH3 is 2. The molecule has 5 heteroatoms. The third kappa shape index (κ3) is 4.01. The van der Waals surface area contributed by atoms with Gasteiger partial charge in [-0.25, -0.2) is 0 Å². The lowest BCUT2D eigenvalue weighted by atomic mass is 10.00. The lowest BCUT2D eigenvalue weighted by molar-refractivity contribution is 0.0951. The third-order valence-electron chi connectivity index (χ3n) is 4.16. The molecule has 0 aliphatic carbocycles. The van der Waals surface area contributed by atoms with E-state index in [9.17, 15) is 4.79 Å². The van der Waals surface area contributed by atoms with Gasteiger partial charge in [0.25, 0.3) is 5.91 Å². The summed E-state index contributed by atoms with van der Waals surface area (Å²) in [5.74, 6) is 1.19. The molecule has 2 aromatic rings. The van der Waals surface area contributed by atoms with Gasteiger partial charge in [0.05, 0.1) is 19.8 Å². The van der Waals surface area contributed by atoms with Gasteiger partial charge >= 0.3 is 0 Å². The molecule has 0 bridgehead atoms. The highest BCUT2D eigenvalue weighted by molar-refractivity contribution is 6.31. The van der Waals surface area contributed by atoms with Crippen molar-refractivity contribution in [2.75, 3.05) is 20.8 Å². The van der Waals surface area contributed by atoms with Crippen LogP contribution in [0.5, 0.6) is 11.5 Å². The quantitative estimate of drug-likeness (QED) is 0.860. The van der Waals surface area contributed by atoms with Gasteiger partial charge in [0.2, 0.25) is 0 Å². The summed E-state index contributed by atoms with van der Waals surface area (Å²) < 4.78 is 10.5. The summed E-state index contributed by atoms with van der Waals surface area (Å²) >= 11 is 5.97. The van der Waals surface area contributed by atoms with Gasteiger partial charge in [0.1, 0.15) is 11.5 Å². The summed E-state index contributed by atoms with van der Waals surface area (Å²) in [4.78, 5) is 12.3. The molecule has 0 spiro atoms. The molecule has 1 amide bonds. The lowest BCUT2D eigenvalue weighted by Crippen LogP contribution is -2.26. The number of amides is 1. The van der Waals surface area contributed by atoms with Gasteiger partial charge in [0.15, 0.2) is 0 Å². The summed E-state index contributed by atoms with van der Waals surface area (Å²) in [6.07, 6.45) is 0.741. The molecule has 0 heterocycles. The molecular weight excluding hydrogens is 326 g/mol. The Morgan fingerprint density at radius 1 is 1.04 bits per heavy atom. The maximum absolute atomic E-state index is 12.3. The lowest BCUT2D eigenvalue weighted by Gasteiger charge is -2.13. The second-order valence-corrected chi connectivity index (χ2v) is 5.96. The fourth-order valence-corrected chi connectivity index (χ4v) is 2.78. The standard InChI is InChI=1S/C19H22ClNO3/c1-12-13(2)17(23-3)7-5-14(12)9-10-21-19(22)16-11-15(20)6-8-18(16)24-4/h5-8,11H,9-10H2,1-4H3,(H,21,22). The Labute approximate surface area is 147 Å². The minimum atomic E-state index is -0.197. The van der Waals surface area contributed by atoms with Crippen molar-refractivity contribution < 1.29 is 14.3 Å². The molecule has 24 heavy (non-hydrogen) atoms. The van der Waals surface area contributed by atoms with Gasteiger partial charge in [-0.1, -0.05) is 17.7 Å². The van der Waals surface area contributed by atoms with Gasteiger partial charge in [-0.05, 0) is 61.2 Å². The van der Waals surface area contributed by atoms with E-state index in [2.05, 4.69) is 12.2 Å². The number of hydrogen-bond donors (Lipinski definition) is 1. The Morgan fingerprint density at radius 2 is 1.71 bits per heavy atom. The van der Waals surface area contributed by atoms with Crippen LogP contribution in [0, 0.1) is 13.8 Å². The number of hydrogen-bond acceptors (Lipinski definition) is 3. The smallest absolute Gasteiger partial charge is 0.255 e. The van der Waals surface area contributed by atoms with Crippen molar-refractivity contribution in [3.8, 4) is 11.5 Å². The first-order valence-electron chi connectivity index (χ1n) is 7.72. The number of halogens is 1. The van der Waals surface area contributed by atoms with Crippen molar-refractivity contribution in [3.05, 3.63) is 57.6 Å². The van der Waals surface area contributed by atoms with Crippen LogP contribution in [0.4, 0.5) is 0 Å². The zero-order valence-corrected chi connectivity index (χ0v) is 15.2. The van der Waals surface area contributed by atoms with Gasteiger partial charge in [-0.15, -0.1) is 0 Å². The highest BCUT2D eigenvalue weighted by Gasteiger charge is 2.13. The number of carbonyl (C=O) groups excluding carboxylic acids is 1. The molecule has 2 aromatic carbocycles. The highest BCUT2D eigenvalue weighted by atomic mass is 35.5. The van der Waals surface area contributed by atoms with E-state index < -0.39 is 0 Å². The first-order chi connectivity index (χ1) is 11.5. The molecule has 0 saturated carbocycles. The first-order valence-corrected chi connectivity index (χ1v) is 8.10. The van der Waals surface area contributed by atoms with E-state index in [0.717, 1.165) is 17.7 Å². The Bertz CT molecular complexity index is 744. The van der Waals surface area contributed by atoms with E-state index in [4.69, 9.17) is 21.1 Å². The van der Waals surface area contributed by atoms with Crippen molar-refractivity contribution in [1.29, 1.82) is 0 Å². The summed E-state index contributed by atoms with van der Waals surface area (Å²) in [6.45, 7) is 4.63. The van der Waals surface area contributed by atoms with E-state index >= 15 is 0 Å². The predicted molar refractivity (Wildman–Crippen MR) is 96.5 cm³/mol. The Hall–Kier alpha value is -2.20. The summed E-state index contributed by atoms with van der Waals surface area (Å²) in [5, 5.41) is 3.42. The Balaban J connectivity index is 2.03. The second-order valence-electron chi connectivity index (χ2n) is 5.53. The van der Waals surface area contributed by atoms with Crippen LogP contribution < -0.4 is 14.8 Å². The van der Waals surface area contributed by atoms with E-state index in [1.54, 1.807) is 25.3 Å². The largest absolute Gasteiger partial charge is 0.496 e. The van der Waals surface area contributed by atoms with Gasteiger partial charge in [-0.3, -0.25) is 4.79 Å². The molecule has 0 aromatic heterocycles. The molecule has 0 unspecified atom stereocenters. The van der Waals surface area contributed by atoms with Crippen LogP contribution in [-0.4, -0.2) is 26.7 Å². The molecule has 4 nitrogen and oxygen atoms in total. The van der Waals surface area contributed by atoms with E-state index in [1.807, 2.05) is 19.1 Å². The molecule has 1 N–H and O–H groups in total. The zero-order chi connectivity index (χ0) is 17.7. The molecular formula is C19H22ClNO3. The minimum absolute atomic E-state index is 0.197. The van der Waals surface area contributed by atoms with Crippen LogP contribution in [-0.2, 0) is 6.42 Å². The fraction of sp³-hybridized carbons (Fsp3) is 0.316. The van der Waals surface area contributed by atoms with Gasteiger partial charge < -0.3 is 14.8 Å². The zero-order valence-electron chi connectivity index (χ0n) is 14.4. The number of carbonyl (C=O) groups is 1. The molecule has 0 radical (unpaired) electrons. The maximum Gasteiger partial charge on any atom is 0.255 e. The SMILES string of the molecule is COc1ccc(Cl)cc1C(=O)NCCc1ccc(OC)c(C)c1C. The highest BCUT2D eigenvalue weighted by Crippen LogP contribution is 2.24. The molecule has 0 aliphatic rings. The maximum atomic E-state index is 12.3. The number of benzene rings is 2. The molecule has 2 rings (SSSR count). The van der Waals surface area contributed by atoms with Crippen LogP contribution in [0.1, 0.15) is 27.0 Å². The second kappa shape index (κ2) is 8.06. The van der Waals surface area contributed by atoms with Crippen LogP contribution in [0.15, 0.2) is 30.3 Å². The average molecular weight is 348 g/mol. The third-order valence-corrected chi connectivity index (χ3v) is 4.39. The van der Waals surface area contributed by atoms with E-state index in [0.29, 0.717) is 22.9 Å². The monoisotopic (exact) mass is 347 g/mol. The van der Waals surface area contributed by atoms with E-state index in [1.165, 1.54) is 18.2 Å². The van der Waals surface area contributed by atoms with Crippen LogP contribution >= 0.6 is 11.6 Å². The molecule has 128 valence electrons. The average Bonchev–Trinajstić information content (AvgIpc) is 2.58. The molecule has 0 atom stereocenters. The van der Waals surface area contributed by atoms with Crippen molar-refractivity contribution in [2.24, 2.45) is 0 Å². The van der Waals surface area contributed by atoms with Crippen LogP contribution in [0.2, 0.25) is 5.02 Å². The number of rotatable bonds is 6. The molecule has 0 fully saturated rings. The van der Waals surface area contributed by atoms with Crippen molar-refractivity contribution in [2.45, 2.75) is 20.3 Å². The fourth-order valence-electron chi connectivity index (χ4n) is 2.61. The van der Waals surface area contributed by atoms with Gasteiger partial charge in [0, 0.05) is 11.6 Å². The van der Waals surface area contributed by atoms with Crippen molar-refractivity contribution in [3.63, 3.8) is 0 Å². The normalized spacial score (nSPS) is 10.4.